The molecule has 0 saturated carbocycles. The van der Waals surface area contributed by atoms with Crippen molar-refractivity contribution in [1.29, 1.82) is 0 Å². The molecule has 2 aromatic rings. The van der Waals surface area contributed by atoms with E-state index in [1.165, 1.54) is 6.07 Å². The molecule has 84 valence electrons. The van der Waals surface area contributed by atoms with Crippen molar-refractivity contribution >= 4 is 22.5 Å². The first-order chi connectivity index (χ1) is 7.68. The van der Waals surface area contributed by atoms with E-state index in [2.05, 4.69) is 5.32 Å². The average molecular weight is 243 g/mol. The van der Waals surface area contributed by atoms with Crippen molar-refractivity contribution in [3.05, 3.63) is 35.0 Å². The van der Waals surface area contributed by atoms with Crippen molar-refractivity contribution in [3.63, 3.8) is 0 Å². The Morgan fingerprint density at radius 1 is 1.31 bits per heavy atom. The van der Waals surface area contributed by atoms with Crippen LogP contribution in [0, 0.1) is 11.6 Å². The first-order valence-corrected chi connectivity index (χ1v) is 5.41. The lowest BCUT2D eigenvalue weighted by Crippen LogP contribution is -2.43. The van der Waals surface area contributed by atoms with E-state index >= 15 is 0 Å². The van der Waals surface area contributed by atoms with E-state index in [-0.39, 0.29) is 11.1 Å². The van der Waals surface area contributed by atoms with Gasteiger partial charge >= 0.3 is 0 Å². The molecular formula is C11H9ClF2N2. The van der Waals surface area contributed by atoms with Crippen LogP contribution in [-0.4, -0.2) is 17.7 Å². The second-order valence-corrected chi connectivity index (χ2v) is 4.37. The van der Waals surface area contributed by atoms with Gasteiger partial charge in [-0.2, -0.15) is 0 Å². The molecule has 1 aliphatic heterocycles. The number of fused-ring (bicyclic) bond motifs is 1. The summed E-state index contributed by atoms with van der Waals surface area (Å²) in [7, 11) is 0. The molecular weight excluding hydrogens is 234 g/mol. The molecule has 1 aliphatic rings. The molecule has 1 aromatic heterocycles. The maximum absolute atomic E-state index is 13.8. The van der Waals surface area contributed by atoms with Crippen molar-refractivity contribution < 1.29 is 8.78 Å². The summed E-state index contributed by atoms with van der Waals surface area (Å²) in [6, 6.07) is 3.41. The number of hydrogen-bond acceptors (Lipinski definition) is 1. The van der Waals surface area contributed by atoms with E-state index in [1.807, 2.05) is 0 Å². The summed E-state index contributed by atoms with van der Waals surface area (Å²) in [6.45, 7) is 1.57. The highest BCUT2D eigenvalue weighted by atomic mass is 35.5. The van der Waals surface area contributed by atoms with Gasteiger partial charge in [0.15, 0.2) is 11.6 Å². The first kappa shape index (κ1) is 10.1. The number of benzene rings is 1. The lowest BCUT2D eigenvalue weighted by atomic mass is 10.1. The highest BCUT2D eigenvalue weighted by molar-refractivity contribution is 6.31. The standard InChI is InChI=1S/C11H9ClF2N2/c12-8-3-6-1-2-16(7-4-15-5-7)11(6)10(14)9(8)13/h1-3,7,15H,4-5H2. The molecule has 0 unspecified atom stereocenters. The fraction of sp³-hybridized carbons (Fsp3) is 0.273. The van der Waals surface area contributed by atoms with Crippen LogP contribution in [0.1, 0.15) is 6.04 Å². The Morgan fingerprint density at radius 3 is 2.69 bits per heavy atom. The predicted octanol–water partition coefficient (Wildman–Crippen LogP) is 2.72. The summed E-state index contributed by atoms with van der Waals surface area (Å²) in [5, 5.41) is 3.56. The molecule has 1 saturated heterocycles. The Labute approximate surface area is 95.8 Å². The largest absolute Gasteiger partial charge is 0.339 e. The maximum Gasteiger partial charge on any atom is 0.184 e. The number of nitrogens with zero attached hydrogens (tertiary/aromatic N) is 1. The molecule has 0 amide bonds. The van der Waals surface area contributed by atoms with Gasteiger partial charge < -0.3 is 9.88 Å². The van der Waals surface area contributed by atoms with Crippen molar-refractivity contribution in [2.45, 2.75) is 6.04 Å². The van der Waals surface area contributed by atoms with E-state index in [0.29, 0.717) is 10.9 Å². The zero-order valence-corrected chi connectivity index (χ0v) is 9.06. The third kappa shape index (κ3) is 1.26. The Hall–Kier alpha value is -1.13. The molecule has 3 rings (SSSR count). The third-order valence-corrected chi connectivity index (χ3v) is 3.27. The number of halogens is 3. The number of nitrogens with one attached hydrogen (secondary N) is 1. The van der Waals surface area contributed by atoms with Gasteiger partial charge in [0.1, 0.15) is 0 Å². The van der Waals surface area contributed by atoms with Crippen LogP contribution < -0.4 is 5.32 Å². The fourth-order valence-corrected chi connectivity index (χ4v) is 2.20. The van der Waals surface area contributed by atoms with Crippen LogP contribution in [0.4, 0.5) is 8.78 Å². The Balaban J connectivity index is 2.28. The van der Waals surface area contributed by atoms with Crippen LogP contribution in [0.25, 0.3) is 10.9 Å². The highest BCUT2D eigenvalue weighted by Gasteiger charge is 2.23. The van der Waals surface area contributed by atoms with Gasteiger partial charge in [0, 0.05) is 24.7 Å². The summed E-state index contributed by atoms with van der Waals surface area (Å²) in [6.07, 6.45) is 1.77. The summed E-state index contributed by atoms with van der Waals surface area (Å²) in [4.78, 5) is 0. The van der Waals surface area contributed by atoms with Crippen LogP contribution in [0.3, 0.4) is 0 Å². The van der Waals surface area contributed by atoms with Gasteiger partial charge in [-0.3, -0.25) is 0 Å². The van der Waals surface area contributed by atoms with Crippen LogP contribution in [0.2, 0.25) is 5.02 Å². The summed E-state index contributed by atoms with van der Waals surface area (Å²) >= 11 is 5.59. The smallest absolute Gasteiger partial charge is 0.184 e. The number of hydrogen-bond donors (Lipinski definition) is 1. The maximum atomic E-state index is 13.8. The third-order valence-electron chi connectivity index (χ3n) is 2.99. The molecule has 1 fully saturated rings. The van der Waals surface area contributed by atoms with E-state index < -0.39 is 11.6 Å². The minimum atomic E-state index is -0.971. The number of aromatic nitrogens is 1. The summed E-state index contributed by atoms with van der Waals surface area (Å²) in [5.41, 5.74) is 0.299. The van der Waals surface area contributed by atoms with Crippen LogP contribution in [0.5, 0.6) is 0 Å². The Bertz CT molecular complexity index is 561. The van der Waals surface area contributed by atoms with Crippen molar-refractivity contribution in [1.82, 2.24) is 9.88 Å². The lowest BCUT2D eigenvalue weighted by Gasteiger charge is -2.29. The predicted molar refractivity (Wildman–Crippen MR) is 58.8 cm³/mol. The van der Waals surface area contributed by atoms with Crippen molar-refractivity contribution in [2.75, 3.05) is 13.1 Å². The van der Waals surface area contributed by atoms with Crippen LogP contribution in [-0.2, 0) is 0 Å². The van der Waals surface area contributed by atoms with E-state index in [0.717, 1.165) is 13.1 Å². The monoisotopic (exact) mass is 242 g/mol. The zero-order chi connectivity index (χ0) is 11.3. The molecule has 5 heteroatoms. The van der Waals surface area contributed by atoms with Gasteiger partial charge in [-0.05, 0) is 12.1 Å². The zero-order valence-electron chi connectivity index (χ0n) is 8.30. The van der Waals surface area contributed by atoms with E-state index in [9.17, 15) is 8.78 Å². The molecule has 1 N–H and O–H groups in total. The van der Waals surface area contributed by atoms with Gasteiger partial charge in [0.2, 0.25) is 0 Å². The molecule has 0 bridgehead atoms. The second-order valence-electron chi connectivity index (χ2n) is 3.96. The molecule has 1 aromatic carbocycles. The van der Waals surface area contributed by atoms with Crippen LogP contribution in [0.15, 0.2) is 18.3 Å². The Morgan fingerprint density at radius 2 is 2.06 bits per heavy atom. The van der Waals surface area contributed by atoms with E-state index in [4.69, 9.17) is 11.6 Å². The minimum Gasteiger partial charge on any atom is -0.339 e. The quantitative estimate of drug-likeness (QED) is 0.761. The normalized spacial score (nSPS) is 16.7. The average Bonchev–Trinajstić information content (AvgIpc) is 2.56. The molecule has 16 heavy (non-hydrogen) atoms. The van der Waals surface area contributed by atoms with Crippen molar-refractivity contribution in [2.24, 2.45) is 0 Å². The summed E-state index contributed by atoms with van der Waals surface area (Å²) < 4.78 is 28.9. The van der Waals surface area contributed by atoms with Crippen LogP contribution >= 0.6 is 11.6 Å². The molecule has 0 spiro atoms. The molecule has 0 radical (unpaired) electrons. The van der Waals surface area contributed by atoms with Gasteiger partial charge in [-0.1, -0.05) is 11.6 Å². The second kappa shape index (κ2) is 3.43. The van der Waals surface area contributed by atoms with Crippen molar-refractivity contribution in [3.8, 4) is 0 Å². The number of rotatable bonds is 1. The molecule has 2 heterocycles. The first-order valence-electron chi connectivity index (χ1n) is 5.03. The SMILES string of the molecule is Fc1c(Cl)cc2ccn(C3CNC3)c2c1F. The molecule has 0 aliphatic carbocycles. The highest BCUT2D eigenvalue weighted by Crippen LogP contribution is 2.30. The van der Waals surface area contributed by atoms with E-state index in [1.54, 1.807) is 16.8 Å². The topological polar surface area (TPSA) is 17.0 Å². The van der Waals surface area contributed by atoms with Gasteiger partial charge in [0.05, 0.1) is 16.6 Å². The molecule has 2 nitrogen and oxygen atoms in total. The summed E-state index contributed by atoms with van der Waals surface area (Å²) in [5.74, 6) is -1.83. The fourth-order valence-electron chi connectivity index (χ4n) is 2.00. The van der Waals surface area contributed by atoms with Gasteiger partial charge in [-0.25, -0.2) is 8.78 Å². The molecule has 0 atom stereocenters. The lowest BCUT2D eigenvalue weighted by molar-refractivity contribution is 0.349. The van der Waals surface area contributed by atoms with Gasteiger partial charge in [0.25, 0.3) is 0 Å². The van der Waals surface area contributed by atoms with Gasteiger partial charge in [-0.15, -0.1) is 0 Å². The Kier molecular flexibility index (Phi) is 2.16. The minimum absolute atomic E-state index is 0.172.